The maximum absolute atomic E-state index is 3.59. The van der Waals surface area contributed by atoms with Gasteiger partial charge in [0.1, 0.15) is 0 Å². The highest BCUT2D eigenvalue weighted by Gasteiger charge is 2.13. The van der Waals surface area contributed by atoms with Gasteiger partial charge in [0.15, 0.2) is 0 Å². The fourth-order valence-electron chi connectivity index (χ4n) is 2.17. The molecule has 0 radical (unpaired) electrons. The highest BCUT2D eigenvalue weighted by Crippen LogP contribution is 2.22. The molecule has 1 N–H and O–H groups in total. The Morgan fingerprint density at radius 1 is 1.06 bits per heavy atom. The summed E-state index contributed by atoms with van der Waals surface area (Å²) in [6.07, 6.45) is 6.89. The highest BCUT2D eigenvalue weighted by atomic mass is 14.9. The molecule has 0 aliphatic heterocycles. The molecule has 1 aromatic carbocycles. The Kier molecular flexibility index (Phi) is 3.68. The van der Waals surface area contributed by atoms with Crippen LogP contribution < -0.4 is 5.32 Å². The van der Waals surface area contributed by atoms with E-state index in [2.05, 4.69) is 62.5 Å². The standard InChI is InChI=1S/C16H23N/c1-16(2,3)14-10-8-13(9-11-14)12-17-15-6-4-5-7-15/h4-5,8-11,15,17H,6-7,12H2,1-3H3. The third-order valence-electron chi connectivity index (χ3n) is 3.42. The zero-order valence-corrected chi connectivity index (χ0v) is 11.2. The van der Waals surface area contributed by atoms with Crippen molar-refractivity contribution in [3.8, 4) is 0 Å². The molecule has 0 spiro atoms. The Morgan fingerprint density at radius 2 is 1.65 bits per heavy atom. The lowest BCUT2D eigenvalue weighted by Crippen LogP contribution is -2.25. The van der Waals surface area contributed by atoms with Crippen molar-refractivity contribution < 1.29 is 0 Å². The Bertz CT molecular complexity index is 373. The van der Waals surface area contributed by atoms with E-state index in [1.807, 2.05) is 0 Å². The highest BCUT2D eigenvalue weighted by molar-refractivity contribution is 5.27. The van der Waals surface area contributed by atoms with Gasteiger partial charge < -0.3 is 5.32 Å². The molecule has 1 aromatic rings. The van der Waals surface area contributed by atoms with E-state index in [0.717, 1.165) is 6.54 Å². The van der Waals surface area contributed by atoms with Crippen molar-refractivity contribution >= 4 is 0 Å². The van der Waals surface area contributed by atoms with Crippen LogP contribution >= 0.6 is 0 Å². The molecular weight excluding hydrogens is 206 g/mol. The minimum absolute atomic E-state index is 0.251. The Hall–Kier alpha value is -1.08. The van der Waals surface area contributed by atoms with Gasteiger partial charge in [-0.15, -0.1) is 0 Å². The lowest BCUT2D eigenvalue weighted by Gasteiger charge is -2.19. The summed E-state index contributed by atoms with van der Waals surface area (Å²) in [5.41, 5.74) is 3.04. The summed E-state index contributed by atoms with van der Waals surface area (Å²) >= 11 is 0. The van der Waals surface area contributed by atoms with Crippen molar-refractivity contribution in [1.82, 2.24) is 5.32 Å². The number of nitrogens with one attached hydrogen (secondary N) is 1. The van der Waals surface area contributed by atoms with Crippen LogP contribution in [-0.2, 0) is 12.0 Å². The van der Waals surface area contributed by atoms with Gasteiger partial charge in [0.05, 0.1) is 0 Å². The van der Waals surface area contributed by atoms with Gasteiger partial charge in [-0.05, 0) is 29.4 Å². The maximum Gasteiger partial charge on any atom is 0.0208 e. The second-order valence-corrected chi connectivity index (χ2v) is 5.97. The van der Waals surface area contributed by atoms with Crippen molar-refractivity contribution in [2.75, 3.05) is 0 Å². The molecule has 1 nitrogen and oxygen atoms in total. The zero-order chi connectivity index (χ0) is 12.3. The summed E-state index contributed by atoms with van der Waals surface area (Å²) < 4.78 is 0. The molecule has 0 saturated carbocycles. The van der Waals surface area contributed by atoms with Crippen LogP contribution in [0.1, 0.15) is 44.7 Å². The maximum atomic E-state index is 3.59. The molecule has 0 fully saturated rings. The zero-order valence-electron chi connectivity index (χ0n) is 11.2. The average Bonchev–Trinajstić information content (AvgIpc) is 2.78. The fourth-order valence-corrected chi connectivity index (χ4v) is 2.17. The monoisotopic (exact) mass is 229 g/mol. The van der Waals surface area contributed by atoms with Crippen LogP contribution in [0.4, 0.5) is 0 Å². The van der Waals surface area contributed by atoms with Crippen molar-refractivity contribution in [3.05, 3.63) is 47.5 Å². The van der Waals surface area contributed by atoms with Gasteiger partial charge in [-0.25, -0.2) is 0 Å². The van der Waals surface area contributed by atoms with Gasteiger partial charge in [-0.1, -0.05) is 57.2 Å². The molecule has 92 valence electrons. The van der Waals surface area contributed by atoms with E-state index in [-0.39, 0.29) is 5.41 Å². The largest absolute Gasteiger partial charge is 0.309 e. The molecule has 0 bridgehead atoms. The van der Waals surface area contributed by atoms with Crippen LogP contribution in [0, 0.1) is 0 Å². The molecule has 0 unspecified atom stereocenters. The van der Waals surface area contributed by atoms with Crippen LogP contribution in [-0.4, -0.2) is 6.04 Å². The van der Waals surface area contributed by atoms with Gasteiger partial charge in [-0.3, -0.25) is 0 Å². The number of hydrogen-bond donors (Lipinski definition) is 1. The average molecular weight is 229 g/mol. The molecule has 1 heteroatoms. The molecule has 1 aliphatic rings. The van der Waals surface area contributed by atoms with Crippen LogP contribution in [0.15, 0.2) is 36.4 Å². The van der Waals surface area contributed by atoms with Crippen LogP contribution in [0.5, 0.6) is 0 Å². The minimum Gasteiger partial charge on any atom is -0.309 e. The fraction of sp³-hybridized carbons (Fsp3) is 0.500. The van der Waals surface area contributed by atoms with Crippen molar-refractivity contribution in [2.24, 2.45) is 0 Å². The normalized spacial score (nSPS) is 16.6. The van der Waals surface area contributed by atoms with Crippen molar-refractivity contribution in [2.45, 2.75) is 51.6 Å². The summed E-state index contributed by atoms with van der Waals surface area (Å²) in [5.74, 6) is 0. The van der Waals surface area contributed by atoms with Gasteiger partial charge in [0, 0.05) is 12.6 Å². The second kappa shape index (κ2) is 5.05. The smallest absolute Gasteiger partial charge is 0.0208 e. The molecule has 0 atom stereocenters. The molecule has 0 heterocycles. The van der Waals surface area contributed by atoms with Crippen LogP contribution in [0.2, 0.25) is 0 Å². The predicted molar refractivity (Wildman–Crippen MR) is 74.1 cm³/mol. The Morgan fingerprint density at radius 3 is 2.18 bits per heavy atom. The van der Waals surface area contributed by atoms with E-state index in [0.29, 0.717) is 6.04 Å². The lowest BCUT2D eigenvalue weighted by atomic mass is 9.87. The SMILES string of the molecule is CC(C)(C)c1ccc(CNC2CC=CC2)cc1. The summed E-state index contributed by atoms with van der Waals surface area (Å²) in [6, 6.07) is 9.65. The third kappa shape index (κ3) is 3.44. The number of rotatable bonds is 3. The Balaban J connectivity index is 1.89. The number of hydrogen-bond acceptors (Lipinski definition) is 1. The molecule has 0 amide bonds. The first-order valence-corrected chi connectivity index (χ1v) is 6.53. The molecule has 2 rings (SSSR count). The van der Waals surface area contributed by atoms with E-state index in [4.69, 9.17) is 0 Å². The summed E-state index contributed by atoms with van der Waals surface area (Å²) in [5, 5.41) is 3.59. The predicted octanol–water partition coefficient (Wildman–Crippen LogP) is 3.79. The van der Waals surface area contributed by atoms with Gasteiger partial charge in [-0.2, -0.15) is 0 Å². The molecule has 17 heavy (non-hydrogen) atoms. The summed E-state index contributed by atoms with van der Waals surface area (Å²) in [6.45, 7) is 7.75. The molecular formula is C16H23N. The molecule has 1 aliphatic carbocycles. The lowest BCUT2D eigenvalue weighted by molar-refractivity contribution is 0.538. The molecule has 0 aromatic heterocycles. The molecule has 0 saturated heterocycles. The van der Waals surface area contributed by atoms with E-state index in [1.165, 1.54) is 24.0 Å². The minimum atomic E-state index is 0.251. The topological polar surface area (TPSA) is 12.0 Å². The van der Waals surface area contributed by atoms with Crippen molar-refractivity contribution in [3.63, 3.8) is 0 Å². The number of benzene rings is 1. The van der Waals surface area contributed by atoms with E-state index in [1.54, 1.807) is 0 Å². The first-order chi connectivity index (χ1) is 8.05. The van der Waals surface area contributed by atoms with Crippen LogP contribution in [0.3, 0.4) is 0 Å². The summed E-state index contributed by atoms with van der Waals surface area (Å²) in [7, 11) is 0. The third-order valence-corrected chi connectivity index (χ3v) is 3.42. The van der Waals surface area contributed by atoms with E-state index < -0.39 is 0 Å². The first kappa shape index (κ1) is 12.4. The van der Waals surface area contributed by atoms with E-state index >= 15 is 0 Å². The van der Waals surface area contributed by atoms with Gasteiger partial charge in [0.25, 0.3) is 0 Å². The summed E-state index contributed by atoms with van der Waals surface area (Å²) in [4.78, 5) is 0. The van der Waals surface area contributed by atoms with Crippen LogP contribution in [0.25, 0.3) is 0 Å². The van der Waals surface area contributed by atoms with Crippen molar-refractivity contribution in [1.29, 1.82) is 0 Å². The first-order valence-electron chi connectivity index (χ1n) is 6.53. The van der Waals surface area contributed by atoms with Gasteiger partial charge >= 0.3 is 0 Å². The Labute approximate surface area is 105 Å². The quantitative estimate of drug-likeness (QED) is 0.778. The van der Waals surface area contributed by atoms with E-state index in [9.17, 15) is 0 Å². The second-order valence-electron chi connectivity index (χ2n) is 5.97. The van der Waals surface area contributed by atoms with Gasteiger partial charge in [0.2, 0.25) is 0 Å².